The van der Waals surface area contributed by atoms with E-state index >= 15 is 0 Å². The van der Waals surface area contributed by atoms with E-state index in [0.717, 1.165) is 26.2 Å². The molecule has 2 aromatic rings. The Labute approximate surface area is 181 Å². The molecule has 30 heavy (non-hydrogen) atoms. The second kappa shape index (κ2) is 10.4. The van der Waals surface area contributed by atoms with Crippen molar-refractivity contribution in [1.82, 2.24) is 28.9 Å². The second-order valence-corrected chi connectivity index (χ2v) is 8.63. The minimum absolute atomic E-state index is 0.457. The van der Waals surface area contributed by atoms with Crippen molar-refractivity contribution in [3.63, 3.8) is 0 Å². The monoisotopic (exact) mass is 410 g/mol. The van der Waals surface area contributed by atoms with Gasteiger partial charge in [0.05, 0.1) is 12.1 Å². The van der Waals surface area contributed by atoms with Gasteiger partial charge in [-0.3, -0.25) is 9.80 Å². The first kappa shape index (κ1) is 21.3. The zero-order valence-corrected chi connectivity index (χ0v) is 18.8. The van der Waals surface area contributed by atoms with Gasteiger partial charge in [-0.2, -0.15) is 0 Å². The Hall–Kier alpha value is -1.92. The molecule has 0 N–H and O–H groups in total. The summed E-state index contributed by atoms with van der Waals surface area (Å²) in [6.45, 7) is 10.8. The first-order valence-corrected chi connectivity index (χ1v) is 12.0. The maximum absolute atomic E-state index is 4.70. The van der Waals surface area contributed by atoms with E-state index in [4.69, 9.17) is 9.97 Å². The molecule has 0 aromatic carbocycles. The number of aromatic nitrogens is 4. The van der Waals surface area contributed by atoms with E-state index in [0.29, 0.717) is 12.1 Å². The van der Waals surface area contributed by atoms with Crippen molar-refractivity contribution in [3.05, 3.63) is 48.6 Å². The van der Waals surface area contributed by atoms with E-state index in [-0.39, 0.29) is 0 Å². The third kappa shape index (κ3) is 4.70. The van der Waals surface area contributed by atoms with Gasteiger partial charge in [0.1, 0.15) is 11.6 Å². The summed E-state index contributed by atoms with van der Waals surface area (Å²) in [7, 11) is 0. The van der Waals surface area contributed by atoms with Gasteiger partial charge in [0, 0.05) is 51.0 Å². The largest absolute Gasteiger partial charge is 0.334 e. The molecule has 0 radical (unpaired) electrons. The fraction of sp³-hybridized carbons (Fsp3) is 0.667. The van der Waals surface area contributed by atoms with Gasteiger partial charge in [0.15, 0.2) is 0 Å². The second-order valence-electron chi connectivity index (χ2n) is 8.63. The molecule has 0 bridgehead atoms. The first-order valence-electron chi connectivity index (χ1n) is 12.0. The van der Waals surface area contributed by atoms with E-state index < -0.39 is 0 Å². The van der Waals surface area contributed by atoms with Crippen LogP contribution >= 0.6 is 0 Å². The minimum Gasteiger partial charge on any atom is -0.334 e. The van der Waals surface area contributed by atoms with Crippen molar-refractivity contribution in [2.75, 3.05) is 26.2 Å². The molecule has 164 valence electrons. The smallest absolute Gasteiger partial charge is 0.126 e. The molecular formula is C24H38N6. The molecule has 4 rings (SSSR count). The number of hydrogen-bond acceptors (Lipinski definition) is 4. The molecule has 2 fully saturated rings. The molecule has 4 heterocycles. The van der Waals surface area contributed by atoms with Crippen LogP contribution in [0.5, 0.6) is 0 Å². The van der Waals surface area contributed by atoms with Crippen molar-refractivity contribution in [3.8, 4) is 0 Å². The predicted molar refractivity (Wildman–Crippen MR) is 121 cm³/mol. The first-order chi connectivity index (χ1) is 14.8. The highest BCUT2D eigenvalue weighted by Gasteiger charge is 2.27. The Kier molecular flexibility index (Phi) is 7.39. The topological polar surface area (TPSA) is 42.1 Å². The SMILES string of the molecule is CCn1ccnc1C1CCCCN1C/C=C/CN1CCCCC1c1nccn1CC. The van der Waals surface area contributed by atoms with Crippen molar-refractivity contribution in [2.45, 2.75) is 77.5 Å². The fourth-order valence-corrected chi connectivity index (χ4v) is 5.19. The molecule has 0 amide bonds. The highest BCUT2D eigenvalue weighted by Crippen LogP contribution is 2.31. The lowest BCUT2D eigenvalue weighted by molar-refractivity contribution is 0.151. The Bertz CT molecular complexity index is 740. The average molecular weight is 411 g/mol. The van der Waals surface area contributed by atoms with Crippen molar-refractivity contribution < 1.29 is 0 Å². The molecule has 0 spiro atoms. The van der Waals surface area contributed by atoms with Crippen LogP contribution in [0.25, 0.3) is 0 Å². The molecule has 6 nitrogen and oxygen atoms in total. The molecule has 0 aliphatic carbocycles. The van der Waals surface area contributed by atoms with Gasteiger partial charge in [0.25, 0.3) is 0 Å². The molecule has 2 saturated heterocycles. The Morgan fingerprint density at radius 1 is 0.767 bits per heavy atom. The summed E-state index contributed by atoms with van der Waals surface area (Å²) in [6, 6.07) is 0.913. The third-order valence-electron chi connectivity index (χ3n) is 6.85. The van der Waals surface area contributed by atoms with Gasteiger partial charge in [0.2, 0.25) is 0 Å². The predicted octanol–water partition coefficient (Wildman–Crippen LogP) is 4.43. The van der Waals surface area contributed by atoms with Crippen LogP contribution < -0.4 is 0 Å². The summed E-state index contributed by atoms with van der Waals surface area (Å²) in [6.07, 6.45) is 20.6. The van der Waals surface area contributed by atoms with E-state index in [1.54, 1.807) is 0 Å². The summed E-state index contributed by atoms with van der Waals surface area (Å²) < 4.78 is 4.61. The summed E-state index contributed by atoms with van der Waals surface area (Å²) in [5.41, 5.74) is 0. The normalized spacial score (nSPS) is 24.1. The summed E-state index contributed by atoms with van der Waals surface area (Å²) in [4.78, 5) is 14.6. The Morgan fingerprint density at radius 3 is 1.67 bits per heavy atom. The van der Waals surface area contributed by atoms with Crippen LogP contribution in [-0.4, -0.2) is 55.1 Å². The summed E-state index contributed by atoms with van der Waals surface area (Å²) in [5, 5.41) is 0. The number of aryl methyl sites for hydroxylation is 2. The number of nitrogens with zero attached hydrogens (tertiary/aromatic N) is 6. The van der Waals surface area contributed by atoms with E-state index in [2.05, 4.69) is 57.3 Å². The summed E-state index contributed by atoms with van der Waals surface area (Å²) in [5.74, 6) is 2.49. The maximum Gasteiger partial charge on any atom is 0.126 e. The van der Waals surface area contributed by atoms with Crippen LogP contribution in [0.15, 0.2) is 36.9 Å². The average Bonchev–Trinajstić information content (AvgIpc) is 3.46. The van der Waals surface area contributed by atoms with Crippen LogP contribution in [0.4, 0.5) is 0 Å². The Morgan fingerprint density at radius 2 is 1.23 bits per heavy atom. The number of hydrogen-bond donors (Lipinski definition) is 0. The molecule has 2 unspecified atom stereocenters. The Balaban J connectivity index is 1.37. The summed E-state index contributed by atoms with van der Waals surface area (Å²) >= 11 is 0. The zero-order chi connectivity index (χ0) is 20.8. The van der Waals surface area contributed by atoms with Crippen LogP contribution in [0.1, 0.15) is 76.1 Å². The minimum atomic E-state index is 0.457. The highest BCUT2D eigenvalue weighted by atomic mass is 15.2. The van der Waals surface area contributed by atoms with Crippen LogP contribution in [0, 0.1) is 0 Å². The maximum atomic E-state index is 4.70. The lowest BCUT2D eigenvalue weighted by Crippen LogP contribution is -2.36. The quantitative estimate of drug-likeness (QED) is 0.604. The molecule has 2 aliphatic rings. The van der Waals surface area contributed by atoms with Gasteiger partial charge >= 0.3 is 0 Å². The molecule has 2 aromatic heterocycles. The third-order valence-corrected chi connectivity index (χ3v) is 6.85. The van der Waals surface area contributed by atoms with Crippen molar-refractivity contribution >= 4 is 0 Å². The van der Waals surface area contributed by atoms with Crippen molar-refractivity contribution in [2.24, 2.45) is 0 Å². The fourth-order valence-electron chi connectivity index (χ4n) is 5.19. The highest BCUT2D eigenvalue weighted by molar-refractivity contribution is 5.05. The molecule has 0 saturated carbocycles. The number of piperidine rings is 2. The van der Waals surface area contributed by atoms with Gasteiger partial charge in [-0.25, -0.2) is 9.97 Å². The van der Waals surface area contributed by atoms with Gasteiger partial charge < -0.3 is 9.13 Å². The van der Waals surface area contributed by atoms with E-state index in [9.17, 15) is 0 Å². The van der Waals surface area contributed by atoms with Gasteiger partial charge in [-0.05, 0) is 52.6 Å². The van der Waals surface area contributed by atoms with E-state index in [1.165, 1.54) is 63.3 Å². The van der Waals surface area contributed by atoms with Crippen molar-refractivity contribution in [1.29, 1.82) is 0 Å². The van der Waals surface area contributed by atoms with E-state index in [1.807, 2.05) is 12.4 Å². The van der Waals surface area contributed by atoms with Crippen LogP contribution in [-0.2, 0) is 13.1 Å². The molecule has 6 heteroatoms. The molecule has 2 atom stereocenters. The van der Waals surface area contributed by atoms with Crippen LogP contribution in [0.2, 0.25) is 0 Å². The zero-order valence-electron chi connectivity index (χ0n) is 18.8. The number of likely N-dealkylation sites (tertiary alicyclic amines) is 2. The number of imidazole rings is 2. The lowest BCUT2D eigenvalue weighted by Gasteiger charge is -2.35. The van der Waals surface area contributed by atoms with Crippen LogP contribution in [0.3, 0.4) is 0 Å². The molecular weight excluding hydrogens is 372 g/mol. The molecule has 2 aliphatic heterocycles. The number of rotatable bonds is 8. The van der Waals surface area contributed by atoms with Gasteiger partial charge in [-0.15, -0.1) is 0 Å². The van der Waals surface area contributed by atoms with Gasteiger partial charge in [-0.1, -0.05) is 25.0 Å². The standard InChI is InChI=1S/C24H38N6/c1-3-27-19-13-25-23(27)21-11-5-7-15-29(21)17-9-10-18-30-16-8-6-12-22(30)24-26-14-20-28(24)4-2/h9-10,13-14,19-22H,3-8,11-12,15-18H2,1-2H3/b10-9+. The lowest BCUT2D eigenvalue weighted by atomic mass is 10.0.